The molecule has 1 N–H and O–H groups in total. The topological polar surface area (TPSA) is 49.5 Å². The lowest BCUT2D eigenvalue weighted by Crippen LogP contribution is -1.93. The van der Waals surface area contributed by atoms with E-state index in [-0.39, 0.29) is 6.47 Å². The molecule has 0 amide bonds. The highest BCUT2D eigenvalue weighted by atomic mass is 16.5. The molecule has 0 aromatic carbocycles. The fraction of sp³-hybridized carbons (Fsp3) is 0.400. The van der Waals surface area contributed by atoms with Gasteiger partial charge < -0.3 is 14.7 Å². The Morgan fingerprint density at radius 2 is 2.56 bits per heavy atom. The summed E-state index contributed by atoms with van der Waals surface area (Å²) in [4.78, 5) is 10.5. The number of ether oxygens (including phenoxy) is 1. The van der Waals surface area contributed by atoms with Crippen molar-refractivity contribution >= 4 is 6.47 Å². The van der Waals surface area contributed by atoms with Crippen molar-refractivity contribution in [3.8, 4) is 0 Å². The molecule has 0 aliphatic carbocycles. The number of hydrogen-bond donors (Lipinski definition) is 1. The molecule has 0 radical (unpaired) electrons. The van der Waals surface area contributed by atoms with Crippen molar-refractivity contribution in [2.75, 3.05) is 13.3 Å². The van der Waals surface area contributed by atoms with Crippen LogP contribution in [0.15, 0.2) is 12.0 Å². The zero-order chi connectivity index (χ0) is 6.69. The molecule has 2 rings (SSSR count). The fourth-order valence-electron chi connectivity index (χ4n) is 0.624. The second-order valence-electron chi connectivity index (χ2n) is 1.71. The molecule has 0 unspecified atom stereocenters. The summed E-state index contributed by atoms with van der Waals surface area (Å²) in [6.07, 6.45) is 1.82. The first-order chi connectivity index (χ1) is 4.38. The van der Waals surface area contributed by atoms with Gasteiger partial charge in [0.2, 0.25) is 0 Å². The Labute approximate surface area is 52.3 Å². The van der Waals surface area contributed by atoms with Crippen molar-refractivity contribution in [1.82, 2.24) is 4.90 Å². The Hall–Kier alpha value is -1.19. The molecular weight excluding hydrogens is 122 g/mol. The zero-order valence-electron chi connectivity index (χ0n) is 4.78. The van der Waals surface area contributed by atoms with Crippen LogP contribution in [-0.4, -0.2) is 29.8 Å². The first kappa shape index (κ1) is 5.94. The summed E-state index contributed by atoms with van der Waals surface area (Å²) in [5.41, 5.74) is 1.36. The lowest BCUT2D eigenvalue weighted by molar-refractivity contribution is -0.122. The lowest BCUT2D eigenvalue weighted by atomic mass is 10.7. The Morgan fingerprint density at radius 1 is 1.89 bits per heavy atom. The molecule has 2 aliphatic heterocycles. The van der Waals surface area contributed by atoms with Gasteiger partial charge in [0.05, 0.1) is 12.2 Å². The van der Waals surface area contributed by atoms with Crippen LogP contribution in [0.4, 0.5) is 0 Å². The van der Waals surface area contributed by atoms with E-state index in [0.29, 0.717) is 0 Å². The highest BCUT2D eigenvalue weighted by Gasteiger charge is 2.29. The molecule has 0 spiro atoms. The third kappa shape index (κ3) is 1.35. The SMILES string of the molecule is C1=C2CN2CO1.O=CO. The summed E-state index contributed by atoms with van der Waals surface area (Å²) in [5.74, 6) is 0. The van der Waals surface area contributed by atoms with Crippen molar-refractivity contribution in [2.24, 2.45) is 0 Å². The van der Waals surface area contributed by atoms with Gasteiger partial charge >= 0.3 is 0 Å². The summed E-state index contributed by atoms with van der Waals surface area (Å²) < 4.78 is 4.87. The van der Waals surface area contributed by atoms with Crippen LogP contribution in [-0.2, 0) is 9.53 Å². The zero-order valence-corrected chi connectivity index (χ0v) is 4.78. The molecule has 0 aromatic heterocycles. The van der Waals surface area contributed by atoms with Gasteiger partial charge in [0.25, 0.3) is 6.47 Å². The number of fused-ring (bicyclic) bond motifs is 1. The third-order valence-electron chi connectivity index (χ3n) is 1.11. The molecule has 0 atom stereocenters. The standard InChI is InChI=1S/C4H5NO.CH2O2/c1-4-2-6-3-5(1)4;2-1-3/h2H,1,3H2;1H,(H,2,3). The molecule has 4 nitrogen and oxygen atoms in total. The quantitative estimate of drug-likeness (QED) is 0.364. The van der Waals surface area contributed by atoms with E-state index in [2.05, 4.69) is 4.90 Å². The first-order valence-corrected chi connectivity index (χ1v) is 2.52. The van der Waals surface area contributed by atoms with Crippen molar-refractivity contribution in [3.05, 3.63) is 12.0 Å². The van der Waals surface area contributed by atoms with E-state index in [9.17, 15) is 0 Å². The number of hydrogen-bond acceptors (Lipinski definition) is 3. The maximum absolute atomic E-state index is 8.36. The van der Waals surface area contributed by atoms with Crippen molar-refractivity contribution < 1.29 is 14.6 Å². The Bertz CT molecular complexity index is 143. The monoisotopic (exact) mass is 129 g/mol. The summed E-state index contributed by atoms with van der Waals surface area (Å²) in [6, 6.07) is 0. The summed E-state index contributed by atoms with van der Waals surface area (Å²) in [7, 11) is 0. The van der Waals surface area contributed by atoms with Gasteiger partial charge in [0.1, 0.15) is 6.26 Å². The lowest BCUT2D eigenvalue weighted by Gasteiger charge is -1.89. The third-order valence-corrected chi connectivity index (χ3v) is 1.11. The van der Waals surface area contributed by atoms with Crippen LogP contribution in [0.3, 0.4) is 0 Å². The molecule has 2 heterocycles. The predicted octanol–water partition coefficient (Wildman–Crippen LogP) is -0.168. The van der Waals surface area contributed by atoms with Gasteiger partial charge in [-0.3, -0.25) is 4.79 Å². The molecule has 2 aliphatic rings. The van der Waals surface area contributed by atoms with Gasteiger partial charge in [0, 0.05) is 0 Å². The number of nitrogens with zero attached hydrogens (tertiary/aromatic N) is 1. The maximum atomic E-state index is 8.36. The van der Waals surface area contributed by atoms with Crippen molar-refractivity contribution in [3.63, 3.8) is 0 Å². The predicted molar refractivity (Wildman–Crippen MR) is 29.4 cm³/mol. The van der Waals surface area contributed by atoms with E-state index < -0.39 is 0 Å². The first-order valence-electron chi connectivity index (χ1n) is 2.52. The highest BCUT2D eigenvalue weighted by molar-refractivity contribution is 5.32. The van der Waals surface area contributed by atoms with E-state index in [4.69, 9.17) is 14.6 Å². The average molecular weight is 129 g/mol. The van der Waals surface area contributed by atoms with E-state index in [1.54, 1.807) is 0 Å². The second kappa shape index (κ2) is 2.39. The van der Waals surface area contributed by atoms with Crippen LogP contribution in [0.1, 0.15) is 0 Å². The summed E-state index contributed by atoms with van der Waals surface area (Å²) in [6.45, 7) is 1.70. The van der Waals surface area contributed by atoms with Gasteiger partial charge in [-0.1, -0.05) is 0 Å². The molecule has 1 saturated heterocycles. The van der Waals surface area contributed by atoms with Gasteiger partial charge in [-0.05, 0) is 0 Å². The minimum absolute atomic E-state index is 0.250. The summed E-state index contributed by atoms with van der Waals surface area (Å²) in [5, 5.41) is 6.89. The van der Waals surface area contributed by atoms with Crippen molar-refractivity contribution in [1.29, 1.82) is 0 Å². The Balaban J connectivity index is 0.000000120. The van der Waals surface area contributed by atoms with Gasteiger partial charge in [0.15, 0.2) is 6.73 Å². The number of carboxylic acid groups (broad SMARTS) is 1. The van der Waals surface area contributed by atoms with Crippen molar-refractivity contribution in [2.45, 2.75) is 0 Å². The second-order valence-corrected chi connectivity index (χ2v) is 1.71. The van der Waals surface area contributed by atoms with Crippen LogP contribution in [0.2, 0.25) is 0 Å². The Morgan fingerprint density at radius 3 is 2.67 bits per heavy atom. The van der Waals surface area contributed by atoms with E-state index >= 15 is 0 Å². The average Bonchev–Trinajstić information content (AvgIpc) is 2.43. The molecule has 0 saturated carbocycles. The molecule has 1 fully saturated rings. The smallest absolute Gasteiger partial charge is 0.290 e. The Kier molecular flexibility index (Phi) is 1.58. The van der Waals surface area contributed by atoms with Gasteiger partial charge in [-0.25, -0.2) is 0 Å². The van der Waals surface area contributed by atoms with E-state index in [1.807, 2.05) is 6.26 Å². The number of carbonyl (C=O) groups is 1. The highest BCUT2D eigenvalue weighted by Crippen LogP contribution is 2.26. The van der Waals surface area contributed by atoms with Crippen LogP contribution in [0.5, 0.6) is 0 Å². The van der Waals surface area contributed by atoms with Gasteiger partial charge in [-0.2, -0.15) is 0 Å². The van der Waals surface area contributed by atoms with E-state index in [1.165, 1.54) is 5.70 Å². The summed E-state index contributed by atoms with van der Waals surface area (Å²) >= 11 is 0. The van der Waals surface area contributed by atoms with Gasteiger partial charge in [-0.15, -0.1) is 0 Å². The van der Waals surface area contributed by atoms with Crippen LogP contribution in [0, 0.1) is 0 Å². The van der Waals surface area contributed by atoms with E-state index in [0.717, 1.165) is 13.3 Å². The minimum Gasteiger partial charge on any atom is -0.483 e. The fourth-order valence-corrected chi connectivity index (χ4v) is 0.624. The largest absolute Gasteiger partial charge is 0.483 e. The van der Waals surface area contributed by atoms with Crippen LogP contribution >= 0.6 is 0 Å². The van der Waals surface area contributed by atoms with Crippen LogP contribution in [0.25, 0.3) is 0 Å². The molecule has 50 valence electrons. The minimum atomic E-state index is -0.250. The normalized spacial score (nSPS) is 18.2. The number of rotatable bonds is 0. The molecule has 0 bridgehead atoms. The molecule has 0 aromatic rings. The maximum Gasteiger partial charge on any atom is 0.290 e. The molecule has 4 heteroatoms. The molecular formula is C5H7NO3. The van der Waals surface area contributed by atoms with Crippen LogP contribution < -0.4 is 0 Å². The molecule has 9 heavy (non-hydrogen) atoms.